The predicted octanol–water partition coefficient (Wildman–Crippen LogP) is 3.72. The molecule has 1 aromatic heterocycles. The Kier molecular flexibility index (Phi) is 5.21. The average Bonchev–Trinajstić information content (AvgIpc) is 3.26. The number of ether oxygens (including phenoxy) is 1. The summed E-state index contributed by atoms with van der Waals surface area (Å²) >= 11 is 0. The number of amidine groups is 1. The van der Waals surface area contributed by atoms with Gasteiger partial charge < -0.3 is 10.1 Å². The van der Waals surface area contributed by atoms with Crippen LogP contribution in [0.2, 0.25) is 0 Å². The molecule has 7 heteroatoms. The molecule has 1 N–H and O–H groups in total. The van der Waals surface area contributed by atoms with E-state index in [1.54, 1.807) is 57.1 Å². The summed E-state index contributed by atoms with van der Waals surface area (Å²) in [5, 5.41) is 6.80. The molecule has 0 atom stereocenters. The maximum absolute atomic E-state index is 14.3. The molecule has 0 bridgehead atoms. The lowest BCUT2D eigenvalue weighted by atomic mass is 9.99. The Hall–Kier alpha value is -3.22. The highest BCUT2D eigenvalue weighted by atomic mass is 19.1. The van der Waals surface area contributed by atoms with E-state index in [1.165, 1.54) is 12.3 Å². The number of halogens is 1. The highest BCUT2D eigenvalue weighted by Gasteiger charge is 2.25. The first kappa shape index (κ1) is 18.6. The Bertz CT molecular complexity index is 986. The van der Waals surface area contributed by atoms with E-state index in [0.29, 0.717) is 40.4 Å². The van der Waals surface area contributed by atoms with Crippen LogP contribution in [0.25, 0.3) is 5.57 Å². The number of nitrogens with zero attached hydrogens (tertiary/aromatic N) is 3. The van der Waals surface area contributed by atoms with Crippen LogP contribution < -0.4 is 10.1 Å². The molecule has 0 saturated carbocycles. The van der Waals surface area contributed by atoms with Gasteiger partial charge in [-0.05, 0) is 37.6 Å². The fourth-order valence-electron chi connectivity index (χ4n) is 2.97. The van der Waals surface area contributed by atoms with Crippen molar-refractivity contribution in [1.29, 1.82) is 0 Å². The summed E-state index contributed by atoms with van der Waals surface area (Å²) in [7, 11) is 3.32. The van der Waals surface area contributed by atoms with Crippen LogP contribution in [0.5, 0.6) is 5.75 Å². The number of carbonyl (C=O) groups is 1. The standard InChI is InChI=1S/C20H21FN4O2/c1-5-6-16(21)12(2)14-7-8-17(27-4)15-9-18(23-19(14)15)24-20(26)13-10-22-25(3)11-13/h5-8,10-11H,9H2,1-4H3,(H,23,24,26)/b6-5-,16-12-. The zero-order chi connectivity index (χ0) is 19.6. The third-order valence-corrected chi connectivity index (χ3v) is 4.35. The molecule has 0 saturated heterocycles. The van der Waals surface area contributed by atoms with Crippen molar-refractivity contribution in [2.75, 3.05) is 7.11 Å². The molecule has 0 fully saturated rings. The maximum atomic E-state index is 14.3. The normalized spacial score (nSPS) is 14.0. The fraction of sp³-hybridized carbons (Fsp3) is 0.250. The lowest BCUT2D eigenvalue weighted by molar-refractivity contribution is 0.0976. The second-order valence-corrected chi connectivity index (χ2v) is 6.21. The second kappa shape index (κ2) is 7.57. The smallest absolute Gasteiger partial charge is 0.259 e. The van der Waals surface area contributed by atoms with Crippen molar-refractivity contribution < 1.29 is 13.9 Å². The number of hydrogen-bond acceptors (Lipinski definition) is 4. The third kappa shape index (κ3) is 3.67. The number of carbonyl (C=O) groups excluding carboxylic acids is 1. The lowest BCUT2D eigenvalue weighted by Gasteiger charge is -2.11. The minimum Gasteiger partial charge on any atom is -0.496 e. The number of amides is 1. The largest absolute Gasteiger partial charge is 0.496 e. The second-order valence-electron chi connectivity index (χ2n) is 6.21. The number of fused-ring (bicyclic) bond motifs is 1. The summed E-state index contributed by atoms with van der Waals surface area (Å²) in [5.41, 5.74) is 3.04. The molecule has 1 aliphatic rings. The van der Waals surface area contributed by atoms with Crippen LogP contribution in [0, 0.1) is 0 Å². The number of nitrogens with one attached hydrogen (secondary N) is 1. The number of allylic oxidation sites excluding steroid dienone is 4. The summed E-state index contributed by atoms with van der Waals surface area (Å²) < 4.78 is 21.3. The first-order valence-corrected chi connectivity index (χ1v) is 8.51. The van der Waals surface area contributed by atoms with Gasteiger partial charge in [0.25, 0.3) is 5.91 Å². The van der Waals surface area contributed by atoms with Crippen molar-refractivity contribution in [3.63, 3.8) is 0 Å². The summed E-state index contributed by atoms with van der Waals surface area (Å²) in [6.45, 7) is 3.47. The zero-order valence-corrected chi connectivity index (χ0v) is 15.7. The lowest BCUT2D eigenvalue weighted by Crippen LogP contribution is -2.30. The Labute approximate surface area is 157 Å². The van der Waals surface area contributed by atoms with Crippen molar-refractivity contribution in [3.8, 4) is 5.75 Å². The van der Waals surface area contributed by atoms with Gasteiger partial charge in [0, 0.05) is 30.8 Å². The number of aryl methyl sites for hydroxylation is 1. The molecule has 1 amide bonds. The van der Waals surface area contributed by atoms with Crippen LogP contribution >= 0.6 is 0 Å². The van der Waals surface area contributed by atoms with E-state index in [2.05, 4.69) is 15.4 Å². The predicted molar refractivity (Wildman–Crippen MR) is 103 cm³/mol. The van der Waals surface area contributed by atoms with E-state index < -0.39 is 0 Å². The molecule has 6 nitrogen and oxygen atoms in total. The van der Waals surface area contributed by atoms with Gasteiger partial charge in [-0.1, -0.05) is 6.08 Å². The zero-order valence-electron chi connectivity index (χ0n) is 15.7. The molecule has 2 heterocycles. The highest BCUT2D eigenvalue weighted by molar-refractivity contribution is 6.09. The first-order chi connectivity index (χ1) is 12.9. The summed E-state index contributed by atoms with van der Waals surface area (Å²) in [5.74, 6) is 0.529. The Balaban J connectivity index is 1.96. The van der Waals surface area contributed by atoms with Gasteiger partial charge in [-0.3, -0.25) is 9.48 Å². The van der Waals surface area contributed by atoms with Crippen LogP contribution in [-0.4, -0.2) is 28.6 Å². The van der Waals surface area contributed by atoms with Gasteiger partial charge in [0.2, 0.25) is 0 Å². The van der Waals surface area contributed by atoms with E-state index in [4.69, 9.17) is 4.74 Å². The number of aliphatic imine (C=N–C) groups is 1. The van der Waals surface area contributed by atoms with Crippen LogP contribution in [0.1, 0.15) is 35.3 Å². The van der Waals surface area contributed by atoms with Crippen LogP contribution in [-0.2, 0) is 13.5 Å². The first-order valence-electron chi connectivity index (χ1n) is 8.51. The number of rotatable bonds is 4. The molecule has 1 aliphatic heterocycles. The van der Waals surface area contributed by atoms with Crippen LogP contribution in [0.4, 0.5) is 10.1 Å². The Morgan fingerprint density at radius 2 is 2.19 bits per heavy atom. The molecule has 0 spiro atoms. The molecular formula is C20H21FN4O2. The van der Waals surface area contributed by atoms with E-state index in [0.717, 1.165) is 5.56 Å². The van der Waals surface area contributed by atoms with Gasteiger partial charge >= 0.3 is 0 Å². The van der Waals surface area contributed by atoms with Crippen molar-refractivity contribution in [2.45, 2.75) is 20.3 Å². The van der Waals surface area contributed by atoms with Crippen molar-refractivity contribution in [1.82, 2.24) is 15.1 Å². The van der Waals surface area contributed by atoms with E-state index >= 15 is 0 Å². The molecule has 2 aromatic rings. The van der Waals surface area contributed by atoms with Crippen LogP contribution in [0.15, 0.2) is 47.5 Å². The van der Waals surface area contributed by atoms with E-state index in [9.17, 15) is 9.18 Å². The third-order valence-electron chi connectivity index (χ3n) is 4.35. The average molecular weight is 368 g/mol. The van der Waals surface area contributed by atoms with Crippen molar-refractivity contribution in [2.24, 2.45) is 12.0 Å². The molecule has 27 heavy (non-hydrogen) atoms. The summed E-state index contributed by atoms with van der Waals surface area (Å²) in [6, 6.07) is 3.58. The Morgan fingerprint density at radius 1 is 1.41 bits per heavy atom. The molecule has 0 radical (unpaired) electrons. The minimum absolute atomic E-state index is 0.289. The Morgan fingerprint density at radius 3 is 2.81 bits per heavy atom. The van der Waals surface area contributed by atoms with Gasteiger partial charge in [-0.25, -0.2) is 9.38 Å². The van der Waals surface area contributed by atoms with Crippen molar-refractivity contribution in [3.05, 3.63) is 59.2 Å². The number of hydrogen-bond donors (Lipinski definition) is 1. The number of benzene rings is 1. The summed E-state index contributed by atoms with van der Waals surface area (Å²) in [4.78, 5) is 16.9. The molecule has 140 valence electrons. The quantitative estimate of drug-likeness (QED) is 0.836. The topological polar surface area (TPSA) is 68.5 Å². The van der Waals surface area contributed by atoms with Gasteiger partial charge in [-0.15, -0.1) is 0 Å². The monoisotopic (exact) mass is 368 g/mol. The molecular weight excluding hydrogens is 347 g/mol. The minimum atomic E-state index is -0.326. The summed E-state index contributed by atoms with van der Waals surface area (Å²) in [6.07, 6.45) is 6.57. The van der Waals surface area contributed by atoms with E-state index in [1.807, 2.05) is 0 Å². The van der Waals surface area contributed by atoms with E-state index in [-0.39, 0.29) is 11.7 Å². The van der Waals surface area contributed by atoms with Gasteiger partial charge in [-0.2, -0.15) is 5.10 Å². The number of aromatic nitrogens is 2. The molecule has 0 unspecified atom stereocenters. The molecule has 0 aliphatic carbocycles. The number of methoxy groups -OCH3 is 1. The van der Waals surface area contributed by atoms with Gasteiger partial charge in [0.1, 0.15) is 17.4 Å². The molecule has 3 rings (SSSR count). The van der Waals surface area contributed by atoms with Crippen molar-refractivity contribution >= 4 is 23.0 Å². The maximum Gasteiger partial charge on any atom is 0.259 e. The van der Waals surface area contributed by atoms with Gasteiger partial charge in [0.15, 0.2) is 0 Å². The van der Waals surface area contributed by atoms with Crippen LogP contribution in [0.3, 0.4) is 0 Å². The SMILES string of the molecule is C/C=C\C(F)=C(/C)c1ccc(OC)c2c1N=C(NC(=O)c1cnn(C)c1)C2. The highest BCUT2D eigenvalue weighted by Crippen LogP contribution is 2.41. The van der Waals surface area contributed by atoms with Gasteiger partial charge in [0.05, 0.1) is 24.6 Å². The fourth-order valence-corrected chi connectivity index (χ4v) is 2.97. The molecule has 1 aromatic carbocycles.